The molecular weight excluding hydrogens is 436 g/mol. The fourth-order valence-electron chi connectivity index (χ4n) is 4.55. The van der Waals surface area contributed by atoms with Gasteiger partial charge in [0, 0.05) is 19.5 Å². The summed E-state index contributed by atoms with van der Waals surface area (Å²) >= 11 is 1.45. The molecule has 0 aliphatic carbocycles. The third-order valence-electron chi connectivity index (χ3n) is 6.12. The second-order valence-corrected chi connectivity index (χ2v) is 9.18. The number of carbonyl (C=O) groups excluding carboxylic acids is 1. The van der Waals surface area contributed by atoms with Gasteiger partial charge in [-0.2, -0.15) is 5.26 Å². The highest BCUT2D eigenvalue weighted by Crippen LogP contribution is 2.38. The van der Waals surface area contributed by atoms with E-state index in [0.717, 1.165) is 59.1 Å². The molecule has 8 heteroatoms. The van der Waals surface area contributed by atoms with Crippen LogP contribution in [-0.4, -0.2) is 45.9 Å². The normalized spacial score (nSPS) is 17.7. The van der Waals surface area contributed by atoms with Crippen LogP contribution in [0.5, 0.6) is 11.5 Å². The number of likely N-dealkylation sites (tertiary alicyclic amines) is 1. The number of fused-ring (bicyclic) bond motifs is 2. The number of amides is 1. The number of benzene rings is 2. The lowest BCUT2D eigenvalue weighted by molar-refractivity contribution is -0.129. The number of nitrogens with zero attached hydrogens (tertiary/aromatic N) is 4. The molecule has 7 nitrogen and oxygen atoms in total. The van der Waals surface area contributed by atoms with E-state index in [1.54, 1.807) is 0 Å². The van der Waals surface area contributed by atoms with Crippen molar-refractivity contribution in [2.75, 3.05) is 25.5 Å². The highest BCUT2D eigenvalue weighted by Gasteiger charge is 2.31. The van der Waals surface area contributed by atoms with Crippen molar-refractivity contribution in [2.45, 2.75) is 43.4 Å². The van der Waals surface area contributed by atoms with Crippen molar-refractivity contribution in [3.63, 3.8) is 0 Å². The fraction of sp³-hybridized carbons (Fsp3) is 0.400. The molecule has 1 saturated heterocycles. The van der Waals surface area contributed by atoms with Crippen molar-refractivity contribution >= 4 is 28.7 Å². The number of hydrogen-bond donors (Lipinski definition) is 0. The Morgan fingerprint density at radius 3 is 2.88 bits per heavy atom. The van der Waals surface area contributed by atoms with E-state index in [1.807, 2.05) is 45.9 Å². The quantitative estimate of drug-likeness (QED) is 0.500. The molecule has 0 spiro atoms. The SMILES string of the molecule is N#CCCn1c(SCC(=O)N2CCC[C@H]2c2ccc3c(c2)OCCCO3)nc2ccccc21. The number of imidazole rings is 1. The maximum absolute atomic E-state index is 13.2. The number of nitriles is 1. The van der Waals surface area contributed by atoms with Gasteiger partial charge in [0.1, 0.15) is 0 Å². The molecule has 1 atom stereocenters. The minimum Gasteiger partial charge on any atom is -0.490 e. The lowest BCUT2D eigenvalue weighted by Crippen LogP contribution is -2.32. The number of rotatable bonds is 6. The Morgan fingerprint density at radius 1 is 1.15 bits per heavy atom. The van der Waals surface area contributed by atoms with Crippen LogP contribution in [0.4, 0.5) is 0 Å². The lowest BCUT2D eigenvalue weighted by Gasteiger charge is -2.25. The van der Waals surface area contributed by atoms with Crippen LogP contribution in [0.25, 0.3) is 11.0 Å². The van der Waals surface area contributed by atoms with Crippen LogP contribution in [0, 0.1) is 11.3 Å². The number of hydrogen-bond acceptors (Lipinski definition) is 6. The topological polar surface area (TPSA) is 80.4 Å². The second-order valence-electron chi connectivity index (χ2n) is 8.23. The number of aromatic nitrogens is 2. The standard InChI is InChI=1S/C25H26N4O3S/c26-11-4-13-29-21-7-2-1-6-19(21)27-25(29)33-17-24(30)28-12-3-8-20(28)18-9-10-22-23(16-18)32-15-5-14-31-22/h1-2,6-7,9-10,16,20H,3-5,8,12-15,17H2/t20-/m0/s1. The zero-order valence-electron chi connectivity index (χ0n) is 18.4. The van der Waals surface area contributed by atoms with Gasteiger partial charge in [-0.05, 0) is 42.7 Å². The number of ether oxygens (including phenoxy) is 2. The molecule has 0 radical (unpaired) electrons. The van der Waals surface area contributed by atoms with E-state index < -0.39 is 0 Å². The van der Waals surface area contributed by atoms with Crippen molar-refractivity contribution in [3.05, 3.63) is 48.0 Å². The van der Waals surface area contributed by atoms with E-state index in [1.165, 1.54) is 11.8 Å². The Morgan fingerprint density at radius 2 is 2.00 bits per heavy atom. The van der Waals surface area contributed by atoms with Crippen molar-refractivity contribution < 1.29 is 14.3 Å². The number of aryl methyl sites for hydroxylation is 1. The van der Waals surface area contributed by atoms with Gasteiger partial charge in [0.05, 0.1) is 48.5 Å². The van der Waals surface area contributed by atoms with Crippen LogP contribution in [-0.2, 0) is 11.3 Å². The fourth-order valence-corrected chi connectivity index (χ4v) is 5.48. The summed E-state index contributed by atoms with van der Waals surface area (Å²) in [5.41, 5.74) is 2.97. The van der Waals surface area contributed by atoms with Gasteiger partial charge in [0.15, 0.2) is 16.7 Å². The minimum atomic E-state index is 0.0488. The molecule has 2 aliphatic heterocycles. The first-order chi connectivity index (χ1) is 16.2. The maximum Gasteiger partial charge on any atom is 0.233 e. The molecule has 1 fully saturated rings. The predicted molar refractivity (Wildman–Crippen MR) is 126 cm³/mol. The highest BCUT2D eigenvalue weighted by atomic mass is 32.2. The third-order valence-corrected chi connectivity index (χ3v) is 7.08. The summed E-state index contributed by atoms with van der Waals surface area (Å²) in [7, 11) is 0. The van der Waals surface area contributed by atoms with E-state index in [-0.39, 0.29) is 11.9 Å². The maximum atomic E-state index is 13.2. The molecule has 0 unspecified atom stereocenters. The summed E-state index contributed by atoms with van der Waals surface area (Å²) in [6.45, 7) is 2.63. The van der Waals surface area contributed by atoms with Gasteiger partial charge in [0.25, 0.3) is 0 Å². The van der Waals surface area contributed by atoms with Crippen LogP contribution in [0.2, 0.25) is 0 Å². The molecule has 0 N–H and O–H groups in total. The van der Waals surface area contributed by atoms with Crippen molar-refractivity contribution in [1.82, 2.24) is 14.5 Å². The van der Waals surface area contributed by atoms with Gasteiger partial charge in [0.2, 0.25) is 5.91 Å². The summed E-state index contributed by atoms with van der Waals surface area (Å²) in [4.78, 5) is 19.9. The molecule has 0 saturated carbocycles. The predicted octanol–water partition coefficient (Wildman–Crippen LogP) is 4.57. The Hall–Kier alpha value is -3.18. The second kappa shape index (κ2) is 9.75. The number of thioether (sulfide) groups is 1. The minimum absolute atomic E-state index is 0.0488. The van der Waals surface area contributed by atoms with E-state index in [9.17, 15) is 4.79 Å². The first-order valence-electron chi connectivity index (χ1n) is 11.4. The summed E-state index contributed by atoms with van der Waals surface area (Å²) in [6, 6.07) is 16.2. The van der Waals surface area contributed by atoms with Gasteiger partial charge in [-0.1, -0.05) is 30.0 Å². The zero-order valence-corrected chi connectivity index (χ0v) is 19.2. The van der Waals surface area contributed by atoms with Crippen LogP contribution < -0.4 is 9.47 Å². The number of carbonyl (C=O) groups is 1. The molecule has 5 rings (SSSR count). The van der Waals surface area contributed by atoms with Crippen LogP contribution in [0.3, 0.4) is 0 Å². The Kier molecular flexibility index (Phi) is 6.40. The van der Waals surface area contributed by atoms with Crippen molar-refractivity contribution in [3.8, 4) is 17.6 Å². The Bertz CT molecular complexity index is 1200. The van der Waals surface area contributed by atoms with E-state index >= 15 is 0 Å². The van der Waals surface area contributed by atoms with Crippen LogP contribution >= 0.6 is 11.8 Å². The van der Waals surface area contributed by atoms with Gasteiger partial charge >= 0.3 is 0 Å². The average Bonchev–Trinajstić information content (AvgIpc) is 3.39. The van der Waals surface area contributed by atoms with Crippen molar-refractivity contribution in [1.29, 1.82) is 5.26 Å². The molecule has 3 heterocycles. The van der Waals surface area contributed by atoms with Crippen LogP contribution in [0.15, 0.2) is 47.6 Å². The Labute approximate surface area is 197 Å². The van der Waals surface area contributed by atoms with Gasteiger partial charge < -0.3 is 18.9 Å². The number of para-hydroxylation sites is 2. The first-order valence-corrected chi connectivity index (χ1v) is 12.4. The molecule has 2 aromatic carbocycles. The molecule has 170 valence electrons. The van der Waals surface area contributed by atoms with Crippen molar-refractivity contribution in [2.24, 2.45) is 0 Å². The highest BCUT2D eigenvalue weighted by molar-refractivity contribution is 7.99. The average molecular weight is 463 g/mol. The smallest absolute Gasteiger partial charge is 0.233 e. The molecular formula is C25H26N4O3S. The zero-order chi connectivity index (χ0) is 22.6. The monoisotopic (exact) mass is 462 g/mol. The third kappa shape index (κ3) is 4.51. The first kappa shape index (κ1) is 21.7. The van der Waals surface area contributed by atoms with Gasteiger partial charge in [-0.25, -0.2) is 4.98 Å². The molecule has 2 aliphatic rings. The molecule has 3 aromatic rings. The summed E-state index contributed by atoms with van der Waals surface area (Å²) < 4.78 is 13.7. The summed E-state index contributed by atoms with van der Waals surface area (Å²) in [5.74, 6) is 1.97. The van der Waals surface area contributed by atoms with E-state index in [0.29, 0.717) is 31.9 Å². The van der Waals surface area contributed by atoms with Gasteiger partial charge in [-0.15, -0.1) is 0 Å². The largest absolute Gasteiger partial charge is 0.490 e. The lowest BCUT2D eigenvalue weighted by atomic mass is 10.0. The molecule has 33 heavy (non-hydrogen) atoms. The van der Waals surface area contributed by atoms with Crippen LogP contribution in [0.1, 0.15) is 37.3 Å². The Balaban J connectivity index is 1.31. The summed E-state index contributed by atoms with van der Waals surface area (Å²) in [5, 5.41) is 9.83. The summed E-state index contributed by atoms with van der Waals surface area (Å²) in [6.07, 6.45) is 3.20. The van der Waals surface area contributed by atoms with E-state index in [4.69, 9.17) is 19.7 Å². The van der Waals surface area contributed by atoms with E-state index in [2.05, 4.69) is 12.1 Å². The molecule has 1 amide bonds. The van der Waals surface area contributed by atoms with Gasteiger partial charge in [-0.3, -0.25) is 4.79 Å². The molecule has 1 aromatic heterocycles. The molecule has 0 bridgehead atoms.